The molecule has 26 heavy (non-hydrogen) atoms. The molecule has 1 heterocycles. The highest BCUT2D eigenvalue weighted by molar-refractivity contribution is 5.79. The van der Waals surface area contributed by atoms with Crippen molar-refractivity contribution in [3.63, 3.8) is 0 Å². The molecule has 1 aromatic carbocycles. The van der Waals surface area contributed by atoms with Gasteiger partial charge in [-0.25, -0.2) is 0 Å². The summed E-state index contributed by atoms with van der Waals surface area (Å²) in [4.78, 5) is 4.35. The topological polar surface area (TPSA) is 54.9 Å². The van der Waals surface area contributed by atoms with E-state index in [9.17, 15) is 0 Å². The van der Waals surface area contributed by atoms with Crippen molar-refractivity contribution in [2.24, 2.45) is 16.3 Å². The third kappa shape index (κ3) is 6.20. The Kier molecular flexibility index (Phi) is 7.76. The molecule has 2 rings (SSSR count). The van der Waals surface area contributed by atoms with Crippen molar-refractivity contribution >= 4 is 5.96 Å². The van der Waals surface area contributed by atoms with Gasteiger partial charge < -0.3 is 20.1 Å². The predicted molar refractivity (Wildman–Crippen MR) is 108 cm³/mol. The van der Waals surface area contributed by atoms with Gasteiger partial charge in [0.2, 0.25) is 0 Å². The molecule has 1 aliphatic rings. The molecular weight excluding hydrogens is 326 g/mol. The van der Waals surface area contributed by atoms with Crippen molar-refractivity contribution in [2.75, 3.05) is 33.9 Å². The van der Waals surface area contributed by atoms with Gasteiger partial charge in [0.25, 0.3) is 0 Å². The standard InChI is InChI=1S/C21H35N3O2/c1-21(2,3)19-17(9-7-13-26-19)15-24-20(22-4)23-12-11-16-8-6-10-18(14-16)25-5/h6,8,10,14,17,19H,7,9,11-13,15H2,1-5H3,(H2,22,23,24). The van der Waals surface area contributed by atoms with Crippen LogP contribution in [0.3, 0.4) is 0 Å². The molecule has 1 saturated heterocycles. The highest BCUT2D eigenvalue weighted by atomic mass is 16.5. The fraction of sp³-hybridized carbons (Fsp3) is 0.667. The Labute approximate surface area is 158 Å². The minimum absolute atomic E-state index is 0.163. The van der Waals surface area contributed by atoms with Gasteiger partial charge in [-0.15, -0.1) is 0 Å². The number of hydrogen-bond donors (Lipinski definition) is 2. The Morgan fingerprint density at radius 3 is 2.81 bits per heavy atom. The lowest BCUT2D eigenvalue weighted by Gasteiger charge is -2.40. The lowest BCUT2D eigenvalue weighted by atomic mass is 9.78. The van der Waals surface area contributed by atoms with Crippen LogP contribution in [-0.2, 0) is 11.2 Å². The van der Waals surface area contributed by atoms with Crippen LogP contribution in [-0.4, -0.2) is 45.9 Å². The average Bonchev–Trinajstić information content (AvgIpc) is 2.64. The van der Waals surface area contributed by atoms with Crippen LogP contribution in [0.2, 0.25) is 0 Å². The minimum Gasteiger partial charge on any atom is -0.497 e. The van der Waals surface area contributed by atoms with Gasteiger partial charge in [-0.1, -0.05) is 32.9 Å². The second-order valence-electron chi connectivity index (χ2n) is 8.04. The molecule has 0 aromatic heterocycles. The van der Waals surface area contributed by atoms with Crippen molar-refractivity contribution in [3.05, 3.63) is 29.8 Å². The molecule has 5 nitrogen and oxygen atoms in total. The molecule has 0 amide bonds. The summed E-state index contributed by atoms with van der Waals surface area (Å²) in [6, 6.07) is 8.19. The highest BCUT2D eigenvalue weighted by Gasteiger charge is 2.35. The van der Waals surface area contributed by atoms with Crippen LogP contribution >= 0.6 is 0 Å². The molecule has 1 fully saturated rings. The van der Waals surface area contributed by atoms with E-state index in [0.29, 0.717) is 12.0 Å². The van der Waals surface area contributed by atoms with Gasteiger partial charge in [-0.3, -0.25) is 4.99 Å². The third-order valence-corrected chi connectivity index (χ3v) is 4.89. The summed E-state index contributed by atoms with van der Waals surface area (Å²) < 4.78 is 11.3. The molecule has 1 aliphatic heterocycles. The molecule has 0 radical (unpaired) electrons. The Morgan fingerprint density at radius 2 is 2.12 bits per heavy atom. The number of ether oxygens (including phenoxy) is 2. The number of hydrogen-bond acceptors (Lipinski definition) is 3. The zero-order valence-electron chi connectivity index (χ0n) is 17.0. The molecule has 1 aromatic rings. The molecular formula is C21H35N3O2. The second kappa shape index (κ2) is 9.81. The largest absolute Gasteiger partial charge is 0.497 e. The predicted octanol–water partition coefficient (Wildman–Crippen LogP) is 3.24. The van der Waals surface area contributed by atoms with E-state index >= 15 is 0 Å². The van der Waals surface area contributed by atoms with E-state index in [1.165, 1.54) is 12.0 Å². The molecule has 5 heteroatoms. The maximum Gasteiger partial charge on any atom is 0.190 e. The van der Waals surface area contributed by atoms with E-state index in [1.807, 2.05) is 19.2 Å². The van der Waals surface area contributed by atoms with E-state index in [-0.39, 0.29) is 5.41 Å². The monoisotopic (exact) mass is 361 g/mol. The van der Waals surface area contributed by atoms with Gasteiger partial charge in [-0.2, -0.15) is 0 Å². The van der Waals surface area contributed by atoms with E-state index in [2.05, 4.69) is 48.5 Å². The van der Waals surface area contributed by atoms with Gasteiger partial charge in [0.1, 0.15) is 5.75 Å². The van der Waals surface area contributed by atoms with Crippen LogP contribution < -0.4 is 15.4 Å². The number of methoxy groups -OCH3 is 1. The molecule has 146 valence electrons. The minimum atomic E-state index is 0.163. The Balaban J connectivity index is 1.80. The summed E-state index contributed by atoms with van der Waals surface area (Å²) >= 11 is 0. The van der Waals surface area contributed by atoms with E-state index < -0.39 is 0 Å². The summed E-state index contributed by atoms with van der Waals surface area (Å²) in [5, 5.41) is 6.89. The smallest absolute Gasteiger partial charge is 0.190 e. The zero-order chi connectivity index (χ0) is 19.0. The number of nitrogens with zero attached hydrogens (tertiary/aromatic N) is 1. The first kappa shape index (κ1) is 20.6. The molecule has 0 aliphatic carbocycles. The Hall–Kier alpha value is -1.75. The molecule has 2 N–H and O–H groups in total. The fourth-order valence-electron chi connectivity index (χ4n) is 3.61. The van der Waals surface area contributed by atoms with Crippen LogP contribution in [0.25, 0.3) is 0 Å². The lowest BCUT2D eigenvalue weighted by Crippen LogP contribution is -2.47. The lowest BCUT2D eigenvalue weighted by molar-refractivity contribution is -0.0835. The van der Waals surface area contributed by atoms with Gasteiger partial charge in [0.15, 0.2) is 5.96 Å². The number of rotatable bonds is 6. The van der Waals surface area contributed by atoms with Gasteiger partial charge >= 0.3 is 0 Å². The van der Waals surface area contributed by atoms with Crippen LogP contribution in [0.1, 0.15) is 39.2 Å². The van der Waals surface area contributed by atoms with Crippen molar-refractivity contribution in [2.45, 2.75) is 46.1 Å². The maximum absolute atomic E-state index is 6.07. The molecule has 2 unspecified atom stereocenters. The van der Waals surface area contributed by atoms with Crippen molar-refractivity contribution in [1.29, 1.82) is 0 Å². The Bertz CT molecular complexity index is 581. The van der Waals surface area contributed by atoms with Crippen molar-refractivity contribution in [3.8, 4) is 5.75 Å². The van der Waals surface area contributed by atoms with Crippen LogP contribution in [0.15, 0.2) is 29.3 Å². The molecule has 0 spiro atoms. The van der Waals surface area contributed by atoms with Crippen LogP contribution in [0.5, 0.6) is 5.75 Å². The number of guanidine groups is 1. The first-order chi connectivity index (χ1) is 12.4. The molecule has 0 bridgehead atoms. The summed E-state index contributed by atoms with van der Waals surface area (Å²) in [6.07, 6.45) is 3.56. The van der Waals surface area contributed by atoms with Gasteiger partial charge in [0.05, 0.1) is 13.2 Å². The first-order valence-electron chi connectivity index (χ1n) is 9.63. The van der Waals surface area contributed by atoms with E-state index in [1.54, 1.807) is 7.11 Å². The molecule has 0 saturated carbocycles. The Morgan fingerprint density at radius 1 is 1.31 bits per heavy atom. The summed E-state index contributed by atoms with van der Waals surface area (Å²) in [5.74, 6) is 2.27. The SMILES string of the molecule is CN=C(NCCc1cccc(OC)c1)NCC1CCCOC1C(C)(C)C. The summed E-state index contributed by atoms with van der Waals surface area (Å²) in [5.41, 5.74) is 1.41. The first-order valence-corrected chi connectivity index (χ1v) is 9.63. The second-order valence-corrected chi connectivity index (χ2v) is 8.04. The average molecular weight is 362 g/mol. The van der Waals surface area contributed by atoms with Crippen LogP contribution in [0.4, 0.5) is 0 Å². The van der Waals surface area contributed by atoms with Gasteiger partial charge in [-0.05, 0) is 42.4 Å². The number of nitrogens with one attached hydrogen (secondary N) is 2. The fourth-order valence-corrected chi connectivity index (χ4v) is 3.61. The number of benzene rings is 1. The van der Waals surface area contributed by atoms with Crippen molar-refractivity contribution < 1.29 is 9.47 Å². The maximum atomic E-state index is 6.07. The van der Waals surface area contributed by atoms with E-state index in [4.69, 9.17) is 9.47 Å². The van der Waals surface area contributed by atoms with Crippen molar-refractivity contribution in [1.82, 2.24) is 10.6 Å². The van der Waals surface area contributed by atoms with Gasteiger partial charge in [0, 0.05) is 32.7 Å². The van der Waals surface area contributed by atoms with Crippen LogP contribution in [0, 0.1) is 11.3 Å². The third-order valence-electron chi connectivity index (χ3n) is 4.89. The number of aliphatic imine (C=N–C) groups is 1. The summed E-state index contributed by atoms with van der Waals surface area (Å²) in [6.45, 7) is 9.38. The summed E-state index contributed by atoms with van der Waals surface area (Å²) in [7, 11) is 3.52. The van der Waals surface area contributed by atoms with E-state index in [0.717, 1.165) is 44.2 Å². The zero-order valence-corrected chi connectivity index (χ0v) is 17.0. The normalized spacial score (nSPS) is 21.3. The quantitative estimate of drug-likeness (QED) is 0.603. The highest BCUT2D eigenvalue weighted by Crippen LogP contribution is 2.33. The molecule has 2 atom stereocenters.